The average Bonchev–Trinajstić information content (AvgIpc) is 3.24. The molecule has 0 aliphatic carbocycles. The fourth-order valence-electron chi connectivity index (χ4n) is 2.74. The van der Waals surface area contributed by atoms with Crippen LogP contribution in [0.2, 0.25) is 0 Å². The predicted octanol–water partition coefficient (Wildman–Crippen LogP) is 2.90. The molecule has 1 atom stereocenters. The Balaban J connectivity index is 1.93. The first-order chi connectivity index (χ1) is 14.0. The summed E-state index contributed by atoms with van der Waals surface area (Å²) in [5.74, 6) is 1.15. The monoisotopic (exact) mass is 415 g/mol. The van der Waals surface area contributed by atoms with Gasteiger partial charge in [-0.1, -0.05) is 19.1 Å². The highest BCUT2D eigenvalue weighted by molar-refractivity contribution is 7.07. The highest BCUT2D eigenvalue weighted by Gasteiger charge is 2.08. The third-order valence-electron chi connectivity index (χ3n) is 4.49. The number of likely N-dealkylation sites (N-methyl/N-ethyl adjacent to an activating group) is 1. The van der Waals surface area contributed by atoms with E-state index in [0.717, 1.165) is 31.2 Å². The highest BCUT2D eigenvalue weighted by Crippen LogP contribution is 2.17. The molecule has 1 aromatic heterocycles. The molecule has 0 saturated heterocycles. The molecule has 7 heteroatoms. The van der Waals surface area contributed by atoms with Crippen LogP contribution >= 0.6 is 11.3 Å². The topological polar surface area (TPSA) is 68.8 Å². The number of carbonyl (C=O) groups is 1. The number of carbonyl (C=O) groups excluding carboxylic acids is 1. The van der Waals surface area contributed by atoms with Crippen LogP contribution in [0.3, 0.4) is 0 Å². The maximum Gasteiger partial charge on any atom is 0.251 e. The summed E-state index contributed by atoms with van der Waals surface area (Å²) in [6, 6.07) is 9.81. The van der Waals surface area contributed by atoms with Crippen LogP contribution in [0.4, 0.5) is 0 Å². The summed E-state index contributed by atoms with van der Waals surface area (Å²) >= 11 is 1.72. The minimum Gasteiger partial charge on any atom is -0.357 e. The Morgan fingerprint density at radius 1 is 1.21 bits per heavy atom. The van der Waals surface area contributed by atoms with Gasteiger partial charge in [-0.15, -0.1) is 0 Å². The molecule has 158 valence electrons. The summed E-state index contributed by atoms with van der Waals surface area (Å²) in [7, 11) is 3.98. The standard InChI is InChI=1S/C22H33N5OS/c1-5-23-22(25-14-17(2)20-9-12-29-16-20)26-15-18-7-6-8-19(13-18)21(28)24-10-11-27(3)4/h6-9,12-13,16-17H,5,10-11,14-15H2,1-4H3,(H,24,28)(H2,23,25,26). The molecule has 1 heterocycles. The van der Waals surface area contributed by atoms with Gasteiger partial charge in [0.1, 0.15) is 0 Å². The fraction of sp³-hybridized carbons (Fsp3) is 0.455. The second kappa shape index (κ2) is 12.2. The van der Waals surface area contributed by atoms with Crippen LogP contribution < -0.4 is 16.0 Å². The molecule has 0 aliphatic heterocycles. The van der Waals surface area contributed by atoms with Gasteiger partial charge in [0.25, 0.3) is 5.91 Å². The van der Waals surface area contributed by atoms with Crippen molar-refractivity contribution >= 4 is 23.2 Å². The van der Waals surface area contributed by atoms with Crippen molar-refractivity contribution in [3.63, 3.8) is 0 Å². The van der Waals surface area contributed by atoms with Gasteiger partial charge in [0.2, 0.25) is 0 Å². The van der Waals surface area contributed by atoms with E-state index in [-0.39, 0.29) is 5.91 Å². The number of nitrogens with one attached hydrogen (secondary N) is 3. The first-order valence-electron chi connectivity index (χ1n) is 10.1. The van der Waals surface area contributed by atoms with E-state index in [1.54, 1.807) is 11.3 Å². The van der Waals surface area contributed by atoms with Gasteiger partial charge in [0.05, 0.1) is 6.54 Å². The predicted molar refractivity (Wildman–Crippen MR) is 123 cm³/mol. The average molecular weight is 416 g/mol. The Kier molecular flexibility index (Phi) is 9.67. The van der Waals surface area contributed by atoms with Gasteiger partial charge < -0.3 is 20.9 Å². The number of benzene rings is 1. The van der Waals surface area contributed by atoms with Gasteiger partial charge in [-0.2, -0.15) is 11.3 Å². The Labute approximate surface area is 178 Å². The molecule has 3 N–H and O–H groups in total. The van der Waals surface area contributed by atoms with Crippen LogP contribution in [0.5, 0.6) is 0 Å². The molecule has 1 aromatic carbocycles. The van der Waals surface area contributed by atoms with Crippen LogP contribution in [0, 0.1) is 0 Å². The summed E-state index contributed by atoms with van der Waals surface area (Å²) in [5.41, 5.74) is 3.01. The zero-order chi connectivity index (χ0) is 21.1. The number of thiophene rings is 1. The van der Waals surface area contributed by atoms with Crippen molar-refractivity contribution < 1.29 is 4.79 Å². The maximum absolute atomic E-state index is 12.3. The number of nitrogens with zero attached hydrogens (tertiary/aromatic N) is 2. The van der Waals surface area contributed by atoms with Gasteiger partial charge in [-0.25, -0.2) is 4.99 Å². The van der Waals surface area contributed by atoms with Crippen LogP contribution in [-0.2, 0) is 6.54 Å². The van der Waals surface area contributed by atoms with E-state index in [2.05, 4.69) is 51.6 Å². The minimum atomic E-state index is -0.0488. The Bertz CT molecular complexity index is 773. The molecule has 0 spiro atoms. The van der Waals surface area contributed by atoms with Gasteiger partial charge in [-0.05, 0) is 67.0 Å². The van der Waals surface area contributed by atoms with E-state index in [1.807, 2.05) is 43.3 Å². The van der Waals surface area contributed by atoms with E-state index in [4.69, 9.17) is 0 Å². The molecule has 0 aliphatic rings. The lowest BCUT2D eigenvalue weighted by Crippen LogP contribution is -2.39. The zero-order valence-electron chi connectivity index (χ0n) is 17.9. The number of hydrogen-bond donors (Lipinski definition) is 3. The van der Waals surface area contributed by atoms with Gasteiger partial charge in [-0.3, -0.25) is 4.79 Å². The molecule has 0 saturated carbocycles. The number of hydrogen-bond acceptors (Lipinski definition) is 4. The summed E-state index contributed by atoms with van der Waals surface area (Å²) in [4.78, 5) is 19.0. The number of amides is 1. The van der Waals surface area contributed by atoms with E-state index in [1.165, 1.54) is 5.56 Å². The molecule has 1 unspecified atom stereocenters. The molecule has 2 rings (SSSR count). The van der Waals surface area contributed by atoms with E-state index in [0.29, 0.717) is 24.6 Å². The van der Waals surface area contributed by atoms with Gasteiger partial charge >= 0.3 is 0 Å². The minimum absolute atomic E-state index is 0.0488. The highest BCUT2D eigenvalue weighted by atomic mass is 32.1. The van der Waals surface area contributed by atoms with Crippen molar-refractivity contribution in [1.29, 1.82) is 0 Å². The van der Waals surface area contributed by atoms with Crippen molar-refractivity contribution in [1.82, 2.24) is 20.9 Å². The normalized spacial score (nSPS) is 12.7. The van der Waals surface area contributed by atoms with Crippen molar-refractivity contribution in [3.8, 4) is 0 Å². The van der Waals surface area contributed by atoms with Crippen LogP contribution in [-0.4, -0.2) is 57.0 Å². The molecule has 29 heavy (non-hydrogen) atoms. The molecule has 2 aromatic rings. The van der Waals surface area contributed by atoms with Crippen LogP contribution in [0.1, 0.15) is 41.3 Å². The molecule has 0 radical (unpaired) electrons. The van der Waals surface area contributed by atoms with E-state index in [9.17, 15) is 4.79 Å². The summed E-state index contributed by atoms with van der Waals surface area (Å²) in [6.45, 7) is 7.84. The number of guanidine groups is 1. The largest absolute Gasteiger partial charge is 0.357 e. The maximum atomic E-state index is 12.3. The summed E-state index contributed by atoms with van der Waals surface area (Å²) in [6.07, 6.45) is 0. The molecule has 0 fully saturated rings. The zero-order valence-corrected chi connectivity index (χ0v) is 18.7. The number of rotatable bonds is 10. The quantitative estimate of drug-likeness (QED) is 0.412. The summed E-state index contributed by atoms with van der Waals surface area (Å²) < 4.78 is 0. The SMILES string of the molecule is CCNC(=NCc1cccc(C(=O)NCCN(C)C)c1)NCC(C)c1ccsc1. The smallest absolute Gasteiger partial charge is 0.251 e. The van der Waals surface area contributed by atoms with Crippen molar-refractivity contribution in [2.75, 3.05) is 40.3 Å². The first kappa shape index (κ1) is 22.9. The molecule has 1 amide bonds. The van der Waals surface area contributed by atoms with Crippen LogP contribution in [0.15, 0.2) is 46.1 Å². The Hall–Kier alpha value is -2.38. The Morgan fingerprint density at radius 3 is 2.72 bits per heavy atom. The van der Waals surface area contributed by atoms with E-state index < -0.39 is 0 Å². The molecule has 0 bridgehead atoms. The lowest BCUT2D eigenvalue weighted by atomic mass is 10.1. The first-order valence-corrected chi connectivity index (χ1v) is 11.0. The second-order valence-corrected chi connectivity index (χ2v) is 8.07. The second-order valence-electron chi connectivity index (χ2n) is 7.29. The van der Waals surface area contributed by atoms with Crippen molar-refractivity contribution in [3.05, 3.63) is 57.8 Å². The van der Waals surface area contributed by atoms with Crippen molar-refractivity contribution in [2.24, 2.45) is 4.99 Å². The third kappa shape index (κ3) is 8.25. The van der Waals surface area contributed by atoms with Crippen LogP contribution in [0.25, 0.3) is 0 Å². The lowest BCUT2D eigenvalue weighted by molar-refractivity contribution is 0.0951. The third-order valence-corrected chi connectivity index (χ3v) is 5.19. The number of aliphatic imine (C=N–C) groups is 1. The molecule has 6 nitrogen and oxygen atoms in total. The van der Waals surface area contributed by atoms with Crippen molar-refractivity contribution in [2.45, 2.75) is 26.3 Å². The molecular formula is C22H33N5OS. The molecular weight excluding hydrogens is 382 g/mol. The lowest BCUT2D eigenvalue weighted by Gasteiger charge is -2.15. The van der Waals surface area contributed by atoms with E-state index >= 15 is 0 Å². The summed E-state index contributed by atoms with van der Waals surface area (Å²) in [5, 5.41) is 13.9. The van der Waals surface area contributed by atoms with Gasteiger partial charge in [0.15, 0.2) is 5.96 Å². The fourth-order valence-corrected chi connectivity index (χ4v) is 3.52. The Morgan fingerprint density at radius 2 is 2.03 bits per heavy atom. The van der Waals surface area contributed by atoms with Gasteiger partial charge in [0, 0.05) is 31.7 Å².